The molecule has 0 aromatic heterocycles. The highest BCUT2D eigenvalue weighted by Gasteiger charge is 2.19. The van der Waals surface area contributed by atoms with Crippen LogP contribution < -0.4 is 0 Å². The van der Waals surface area contributed by atoms with Gasteiger partial charge in [0.1, 0.15) is 0 Å². The first-order valence-electron chi connectivity index (χ1n) is 10.5. The van der Waals surface area contributed by atoms with Crippen LogP contribution >= 0.6 is 0 Å². The predicted molar refractivity (Wildman–Crippen MR) is 121 cm³/mol. The van der Waals surface area contributed by atoms with E-state index < -0.39 is 0 Å². The third kappa shape index (κ3) is 2.43. The van der Waals surface area contributed by atoms with E-state index >= 15 is 0 Å². The van der Waals surface area contributed by atoms with Crippen molar-refractivity contribution in [3.63, 3.8) is 0 Å². The lowest BCUT2D eigenvalue weighted by Gasteiger charge is -2.10. The van der Waals surface area contributed by atoms with Crippen molar-refractivity contribution in [3.8, 4) is 0 Å². The second kappa shape index (κ2) is 6.15. The molecule has 0 amide bonds. The van der Waals surface area contributed by atoms with E-state index in [9.17, 15) is 4.79 Å². The maximum absolute atomic E-state index is 13.3. The fourth-order valence-corrected chi connectivity index (χ4v) is 5.40. The largest absolute Gasteiger partial charge is 0.289 e. The van der Waals surface area contributed by atoms with Crippen molar-refractivity contribution in [2.45, 2.75) is 32.6 Å². The van der Waals surface area contributed by atoms with Crippen molar-refractivity contribution >= 4 is 32.9 Å². The minimum Gasteiger partial charge on any atom is -0.289 e. The van der Waals surface area contributed by atoms with Crippen LogP contribution in [0.15, 0.2) is 66.7 Å². The summed E-state index contributed by atoms with van der Waals surface area (Å²) in [6.45, 7) is 2.07. The molecule has 29 heavy (non-hydrogen) atoms. The van der Waals surface area contributed by atoms with Crippen LogP contribution in [0.4, 0.5) is 0 Å². The van der Waals surface area contributed by atoms with Gasteiger partial charge >= 0.3 is 0 Å². The van der Waals surface area contributed by atoms with Crippen LogP contribution in [0.3, 0.4) is 0 Å². The summed E-state index contributed by atoms with van der Waals surface area (Å²) in [6.07, 6.45) is 6.24. The maximum Gasteiger partial charge on any atom is 0.186 e. The van der Waals surface area contributed by atoms with Gasteiger partial charge in [-0.2, -0.15) is 0 Å². The average molecular weight is 374 g/mol. The lowest BCUT2D eigenvalue weighted by atomic mass is 9.93. The normalized spacial score (nSPS) is 14.9. The SMILES string of the molecule is CC(=CC(=O)c1ccc2c3c(cccc13)CC2)c1ccc2c3c(cccc13)CC2. The van der Waals surface area contributed by atoms with Gasteiger partial charge < -0.3 is 0 Å². The number of rotatable bonds is 3. The summed E-state index contributed by atoms with van der Waals surface area (Å²) in [4.78, 5) is 13.3. The third-order valence-electron chi connectivity index (χ3n) is 6.79. The fourth-order valence-electron chi connectivity index (χ4n) is 5.40. The molecular formula is C28H22O. The summed E-state index contributed by atoms with van der Waals surface area (Å²) in [7, 11) is 0. The van der Waals surface area contributed by atoms with E-state index in [1.165, 1.54) is 44.0 Å². The molecule has 0 fully saturated rings. The summed E-state index contributed by atoms with van der Waals surface area (Å²) in [5.41, 5.74) is 8.65. The number of carbonyl (C=O) groups is 1. The number of allylic oxidation sites excluding steroid dienone is 2. The van der Waals surface area contributed by atoms with Gasteiger partial charge in [0.15, 0.2) is 5.78 Å². The Kier molecular flexibility index (Phi) is 3.55. The Morgan fingerprint density at radius 2 is 1.14 bits per heavy atom. The number of aryl methyl sites for hydroxylation is 4. The second-order valence-corrected chi connectivity index (χ2v) is 8.42. The lowest BCUT2D eigenvalue weighted by molar-refractivity contribution is 0.104. The number of benzene rings is 4. The van der Waals surface area contributed by atoms with E-state index in [4.69, 9.17) is 0 Å². The molecule has 1 nitrogen and oxygen atoms in total. The number of hydrogen-bond donors (Lipinski definition) is 0. The molecule has 6 rings (SSSR count). The van der Waals surface area contributed by atoms with E-state index in [1.807, 2.05) is 12.1 Å². The van der Waals surface area contributed by atoms with E-state index in [1.54, 1.807) is 0 Å². The molecule has 0 aliphatic heterocycles. The Morgan fingerprint density at radius 1 is 0.655 bits per heavy atom. The Labute approximate surface area is 170 Å². The molecule has 0 saturated carbocycles. The van der Waals surface area contributed by atoms with Crippen LogP contribution in [0.1, 0.15) is 45.1 Å². The zero-order valence-corrected chi connectivity index (χ0v) is 16.6. The molecule has 4 aromatic carbocycles. The van der Waals surface area contributed by atoms with Crippen LogP contribution in [-0.4, -0.2) is 5.78 Å². The van der Waals surface area contributed by atoms with Gasteiger partial charge in [-0.3, -0.25) is 4.79 Å². The molecule has 0 N–H and O–H groups in total. The minimum atomic E-state index is 0.0985. The maximum atomic E-state index is 13.3. The molecule has 0 spiro atoms. The van der Waals surface area contributed by atoms with Gasteiger partial charge in [0.2, 0.25) is 0 Å². The van der Waals surface area contributed by atoms with Gasteiger partial charge in [0.25, 0.3) is 0 Å². The summed E-state index contributed by atoms with van der Waals surface area (Å²) < 4.78 is 0. The Hall–Kier alpha value is -3.19. The van der Waals surface area contributed by atoms with Crippen LogP contribution in [0, 0.1) is 0 Å². The molecular weight excluding hydrogens is 352 g/mol. The molecule has 2 aliphatic carbocycles. The Balaban J connectivity index is 1.48. The fraction of sp³-hybridized carbons (Fsp3) is 0.179. The first-order chi connectivity index (χ1) is 14.2. The van der Waals surface area contributed by atoms with Gasteiger partial charge in [0, 0.05) is 5.56 Å². The molecule has 2 aliphatic rings. The lowest BCUT2D eigenvalue weighted by Crippen LogP contribution is -1.98. The van der Waals surface area contributed by atoms with Crippen molar-refractivity contribution in [1.82, 2.24) is 0 Å². The predicted octanol–water partition coefficient (Wildman–Crippen LogP) is 6.48. The molecule has 0 atom stereocenters. The molecule has 0 radical (unpaired) electrons. The second-order valence-electron chi connectivity index (χ2n) is 8.42. The van der Waals surface area contributed by atoms with E-state index in [-0.39, 0.29) is 5.78 Å². The zero-order valence-electron chi connectivity index (χ0n) is 16.6. The van der Waals surface area contributed by atoms with E-state index in [2.05, 4.69) is 61.5 Å². The average Bonchev–Trinajstić information content (AvgIpc) is 3.35. The highest BCUT2D eigenvalue weighted by molar-refractivity contribution is 6.17. The first-order valence-corrected chi connectivity index (χ1v) is 10.5. The molecule has 0 saturated heterocycles. The van der Waals surface area contributed by atoms with Crippen LogP contribution in [0.5, 0.6) is 0 Å². The highest BCUT2D eigenvalue weighted by atomic mass is 16.1. The summed E-state index contributed by atoms with van der Waals surface area (Å²) in [5.74, 6) is 0.0985. The van der Waals surface area contributed by atoms with Gasteiger partial charge in [-0.05, 0) is 93.6 Å². The van der Waals surface area contributed by atoms with Gasteiger partial charge in [-0.15, -0.1) is 0 Å². The molecule has 0 bridgehead atoms. The zero-order chi connectivity index (χ0) is 19.5. The molecule has 1 heteroatoms. The number of ketones is 1. The first kappa shape index (κ1) is 16.7. The number of carbonyl (C=O) groups excluding carboxylic acids is 1. The van der Waals surface area contributed by atoms with Crippen molar-refractivity contribution in [1.29, 1.82) is 0 Å². The standard InChI is InChI=1S/C28H22O/c1-17(22-14-12-20-10-8-18-4-2-6-24(22)27(18)20)16-26(29)23-15-13-21-11-9-19-5-3-7-25(23)28(19)21/h2-7,12-16H,8-11H2,1H3. The third-order valence-corrected chi connectivity index (χ3v) is 6.79. The smallest absolute Gasteiger partial charge is 0.186 e. The summed E-state index contributed by atoms with van der Waals surface area (Å²) in [6, 6.07) is 21.6. The van der Waals surface area contributed by atoms with Gasteiger partial charge in [-0.25, -0.2) is 0 Å². The quantitative estimate of drug-likeness (QED) is 0.296. The molecule has 4 aromatic rings. The van der Waals surface area contributed by atoms with Gasteiger partial charge in [-0.1, -0.05) is 60.7 Å². The molecule has 0 heterocycles. The van der Waals surface area contributed by atoms with Crippen LogP contribution in [0.25, 0.3) is 27.1 Å². The molecule has 0 unspecified atom stereocenters. The van der Waals surface area contributed by atoms with Crippen LogP contribution in [-0.2, 0) is 25.7 Å². The van der Waals surface area contributed by atoms with E-state index in [0.29, 0.717) is 0 Å². The Bertz CT molecular complexity index is 1350. The Morgan fingerprint density at radius 3 is 1.72 bits per heavy atom. The van der Waals surface area contributed by atoms with Gasteiger partial charge in [0.05, 0.1) is 0 Å². The van der Waals surface area contributed by atoms with Crippen molar-refractivity contribution < 1.29 is 4.79 Å². The monoisotopic (exact) mass is 374 g/mol. The van der Waals surface area contributed by atoms with Crippen LogP contribution in [0.2, 0.25) is 0 Å². The topological polar surface area (TPSA) is 17.1 Å². The summed E-state index contributed by atoms with van der Waals surface area (Å²) >= 11 is 0. The van der Waals surface area contributed by atoms with E-state index in [0.717, 1.165) is 42.2 Å². The molecule has 140 valence electrons. The summed E-state index contributed by atoms with van der Waals surface area (Å²) in [5, 5.41) is 5.08. The van der Waals surface area contributed by atoms with Crippen molar-refractivity contribution in [2.24, 2.45) is 0 Å². The highest BCUT2D eigenvalue weighted by Crippen LogP contribution is 2.36. The van der Waals surface area contributed by atoms with Crippen molar-refractivity contribution in [2.75, 3.05) is 0 Å². The van der Waals surface area contributed by atoms with Crippen molar-refractivity contribution in [3.05, 3.63) is 100 Å². The number of hydrogen-bond acceptors (Lipinski definition) is 1. The minimum absolute atomic E-state index is 0.0985.